The predicted octanol–water partition coefficient (Wildman–Crippen LogP) is 5.21. The Kier molecular flexibility index (Phi) is 5.84. The Morgan fingerprint density at radius 1 is 0.941 bits per heavy atom. The topological polar surface area (TPSA) is 86.2 Å². The van der Waals surface area contributed by atoms with Gasteiger partial charge >= 0.3 is 5.97 Å². The van der Waals surface area contributed by atoms with E-state index in [0.717, 1.165) is 10.8 Å². The molecule has 5 rings (SSSR count). The molecule has 4 aromatic carbocycles. The van der Waals surface area contributed by atoms with Gasteiger partial charge in [-0.3, -0.25) is 4.79 Å². The molecular formula is C26H17ClN2O5. The summed E-state index contributed by atoms with van der Waals surface area (Å²) in [6.07, 6.45) is 1.37. The number of ether oxygens (including phenoxy) is 3. The van der Waals surface area contributed by atoms with Crippen LogP contribution in [-0.2, 0) is 0 Å². The van der Waals surface area contributed by atoms with Crippen LogP contribution in [0.5, 0.6) is 17.2 Å². The number of nitrogens with one attached hydrogen (secondary N) is 1. The van der Waals surface area contributed by atoms with Crippen molar-refractivity contribution in [3.05, 3.63) is 101 Å². The van der Waals surface area contributed by atoms with Crippen molar-refractivity contribution >= 4 is 40.5 Å². The van der Waals surface area contributed by atoms with Crippen molar-refractivity contribution in [3.63, 3.8) is 0 Å². The first-order valence-electron chi connectivity index (χ1n) is 10.3. The average molecular weight is 473 g/mol. The highest BCUT2D eigenvalue weighted by molar-refractivity contribution is 6.31. The third-order valence-corrected chi connectivity index (χ3v) is 5.42. The maximum absolute atomic E-state index is 12.7. The number of carbonyl (C=O) groups excluding carboxylic acids is 2. The summed E-state index contributed by atoms with van der Waals surface area (Å²) in [6.45, 7) is 0.107. The van der Waals surface area contributed by atoms with Crippen LogP contribution in [0.3, 0.4) is 0 Å². The van der Waals surface area contributed by atoms with Crippen molar-refractivity contribution in [3.8, 4) is 17.2 Å². The van der Waals surface area contributed by atoms with E-state index in [4.69, 9.17) is 25.8 Å². The van der Waals surface area contributed by atoms with Gasteiger partial charge in [-0.15, -0.1) is 0 Å². The van der Waals surface area contributed by atoms with Gasteiger partial charge in [0, 0.05) is 16.1 Å². The minimum Gasteiger partial charge on any atom is -0.454 e. The highest BCUT2D eigenvalue weighted by atomic mass is 35.5. The summed E-state index contributed by atoms with van der Waals surface area (Å²) in [4.78, 5) is 25.4. The monoisotopic (exact) mass is 472 g/mol. The van der Waals surface area contributed by atoms with Gasteiger partial charge in [0.15, 0.2) is 11.5 Å². The fourth-order valence-corrected chi connectivity index (χ4v) is 3.72. The molecular weight excluding hydrogens is 456 g/mol. The van der Waals surface area contributed by atoms with Crippen LogP contribution in [0.15, 0.2) is 84.0 Å². The molecule has 1 heterocycles. The van der Waals surface area contributed by atoms with Crippen LogP contribution >= 0.6 is 11.6 Å². The number of amides is 1. The summed E-state index contributed by atoms with van der Waals surface area (Å²) in [5, 5.41) is 6.23. The van der Waals surface area contributed by atoms with E-state index in [9.17, 15) is 9.59 Å². The molecule has 0 saturated carbocycles. The van der Waals surface area contributed by atoms with Crippen molar-refractivity contribution in [2.45, 2.75) is 0 Å². The van der Waals surface area contributed by atoms with Crippen molar-refractivity contribution in [1.82, 2.24) is 5.43 Å². The Labute approximate surface area is 199 Å². The zero-order valence-corrected chi connectivity index (χ0v) is 18.4. The molecule has 168 valence electrons. The van der Waals surface area contributed by atoms with Gasteiger partial charge < -0.3 is 14.2 Å². The van der Waals surface area contributed by atoms with Gasteiger partial charge in [-0.25, -0.2) is 10.2 Å². The zero-order chi connectivity index (χ0) is 23.5. The molecule has 0 unspecified atom stereocenters. The molecule has 0 saturated heterocycles. The van der Waals surface area contributed by atoms with Crippen LogP contribution in [-0.4, -0.2) is 24.9 Å². The van der Waals surface area contributed by atoms with Crippen LogP contribution in [0, 0.1) is 0 Å². The first-order chi connectivity index (χ1) is 16.6. The third-order valence-electron chi connectivity index (χ3n) is 5.19. The van der Waals surface area contributed by atoms with Gasteiger partial charge in [-0.05, 0) is 53.2 Å². The fraction of sp³-hybridized carbons (Fsp3) is 0.0385. The smallest absolute Gasteiger partial charge is 0.343 e. The Morgan fingerprint density at radius 2 is 1.76 bits per heavy atom. The van der Waals surface area contributed by atoms with Crippen LogP contribution in [0.4, 0.5) is 0 Å². The second kappa shape index (κ2) is 9.25. The van der Waals surface area contributed by atoms with E-state index in [-0.39, 0.29) is 18.4 Å². The number of carbonyl (C=O) groups is 2. The van der Waals surface area contributed by atoms with Crippen molar-refractivity contribution in [2.24, 2.45) is 5.10 Å². The van der Waals surface area contributed by atoms with Crippen molar-refractivity contribution in [1.29, 1.82) is 0 Å². The van der Waals surface area contributed by atoms with Gasteiger partial charge in [-0.2, -0.15) is 5.10 Å². The third kappa shape index (κ3) is 4.42. The lowest BCUT2D eigenvalue weighted by molar-refractivity contribution is 0.0733. The number of hydrazone groups is 1. The van der Waals surface area contributed by atoms with Crippen molar-refractivity contribution < 1.29 is 23.8 Å². The molecule has 0 radical (unpaired) electrons. The number of esters is 1. The minimum atomic E-state index is -0.588. The summed E-state index contributed by atoms with van der Waals surface area (Å²) in [5.41, 5.74) is 3.73. The number of hydrogen-bond donors (Lipinski definition) is 1. The summed E-state index contributed by atoms with van der Waals surface area (Å²) >= 11 is 6.12. The lowest BCUT2D eigenvalue weighted by Gasteiger charge is -2.09. The van der Waals surface area contributed by atoms with Gasteiger partial charge in [0.25, 0.3) is 5.91 Å². The van der Waals surface area contributed by atoms with E-state index >= 15 is 0 Å². The molecule has 7 nitrogen and oxygen atoms in total. The molecule has 1 amide bonds. The fourth-order valence-electron chi connectivity index (χ4n) is 3.54. The van der Waals surface area contributed by atoms with Crippen LogP contribution in [0.1, 0.15) is 26.3 Å². The molecule has 0 fully saturated rings. The van der Waals surface area contributed by atoms with E-state index < -0.39 is 5.97 Å². The van der Waals surface area contributed by atoms with Crippen LogP contribution in [0.25, 0.3) is 10.8 Å². The van der Waals surface area contributed by atoms with Gasteiger partial charge in [0.1, 0.15) is 5.75 Å². The molecule has 8 heteroatoms. The highest BCUT2D eigenvalue weighted by Crippen LogP contribution is 2.33. The van der Waals surface area contributed by atoms with Gasteiger partial charge in [0.05, 0.1) is 11.8 Å². The maximum Gasteiger partial charge on any atom is 0.343 e. The van der Waals surface area contributed by atoms with E-state index in [1.807, 2.05) is 36.4 Å². The number of rotatable bonds is 5. The highest BCUT2D eigenvalue weighted by Gasteiger charge is 2.18. The summed E-state index contributed by atoms with van der Waals surface area (Å²) in [5.74, 6) is 0.320. The Hall–Kier alpha value is -4.36. The Bertz CT molecular complexity index is 1450. The van der Waals surface area contributed by atoms with E-state index in [2.05, 4.69) is 10.5 Å². The standard InChI is InChI=1S/C26H17ClN2O5/c27-19-9-11-22(34-26(31)17-8-10-23-24(13-17)33-15-32-23)18(12-19)14-28-29-25(30)21-7-3-5-16-4-1-2-6-20(16)21/h1-14H,15H2,(H,29,30)/b28-14+. The lowest BCUT2D eigenvalue weighted by Crippen LogP contribution is -2.18. The first kappa shape index (κ1) is 21.5. The second-order valence-electron chi connectivity index (χ2n) is 7.37. The summed E-state index contributed by atoms with van der Waals surface area (Å²) < 4.78 is 16.1. The molecule has 1 aliphatic rings. The first-order valence-corrected chi connectivity index (χ1v) is 10.7. The number of hydrogen-bond acceptors (Lipinski definition) is 6. The normalized spacial score (nSPS) is 12.1. The van der Waals surface area contributed by atoms with Crippen molar-refractivity contribution in [2.75, 3.05) is 6.79 Å². The molecule has 34 heavy (non-hydrogen) atoms. The van der Waals surface area contributed by atoms with E-state index in [0.29, 0.717) is 33.2 Å². The average Bonchev–Trinajstić information content (AvgIpc) is 3.33. The number of nitrogens with zero attached hydrogens (tertiary/aromatic N) is 1. The van der Waals surface area contributed by atoms with Gasteiger partial charge in [0.2, 0.25) is 6.79 Å². The molecule has 1 aliphatic heterocycles. The lowest BCUT2D eigenvalue weighted by atomic mass is 10.0. The molecule has 0 spiro atoms. The Morgan fingerprint density at radius 3 is 2.68 bits per heavy atom. The van der Waals surface area contributed by atoms with Gasteiger partial charge in [-0.1, -0.05) is 48.0 Å². The number of fused-ring (bicyclic) bond motifs is 2. The second-order valence-corrected chi connectivity index (χ2v) is 7.80. The number of halogens is 1. The summed E-state index contributed by atoms with van der Waals surface area (Å²) in [6, 6.07) is 22.6. The van der Waals surface area contributed by atoms with Crippen LogP contribution < -0.4 is 19.6 Å². The summed E-state index contributed by atoms with van der Waals surface area (Å²) in [7, 11) is 0. The molecule has 0 aliphatic carbocycles. The Balaban J connectivity index is 1.33. The zero-order valence-electron chi connectivity index (χ0n) is 17.7. The number of benzene rings is 4. The van der Waals surface area contributed by atoms with Crippen LogP contribution in [0.2, 0.25) is 5.02 Å². The minimum absolute atomic E-state index is 0.107. The molecule has 0 atom stereocenters. The maximum atomic E-state index is 12.7. The molecule has 0 aromatic heterocycles. The van der Waals surface area contributed by atoms with E-state index in [1.165, 1.54) is 6.21 Å². The quantitative estimate of drug-likeness (QED) is 0.186. The molecule has 4 aromatic rings. The largest absolute Gasteiger partial charge is 0.454 e. The molecule has 0 bridgehead atoms. The molecule has 1 N–H and O–H groups in total. The predicted molar refractivity (Wildman–Crippen MR) is 128 cm³/mol. The van der Waals surface area contributed by atoms with E-state index in [1.54, 1.807) is 42.5 Å². The SMILES string of the molecule is O=C(Oc1ccc(Cl)cc1/C=N/NC(=O)c1cccc2ccccc12)c1ccc2c(c1)OCO2.